The summed E-state index contributed by atoms with van der Waals surface area (Å²) < 4.78 is 4.84. The van der Waals surface area contributed by atoms with Crippen molar-refractivity contribution in [3.8, 4) is 44.8 Å². The highest BCUT2D eigenvalue weighted by Gasteiger charge is 2.18. The number of hydrogen-bond donors (Lipinski definition) is 0. The predicted octanol–water partition coefficient (Wildman–Crippen LogP) is 16.3. The Labute approximate surface area is 358 Å². The van der Waals surface area contributed by atoms with E-state index >= 15 is 0 Å². The number of aromatic nitrogens is 2. The summed E-state index contributed by atoms with van der Waals surface area (Å²) in [5.41, 5.74) is 14.5. The van der Waals surface area contributed by atoms with E-state index in [2.05, 4.69) is 240 Å². The number of hydrogen-bond acceptors (Lipinski definition) is 0. The molecule has 2 heteroatoms. The third-order valence-corrected chi connectivity index (χ3v) is 13.1. The first-order chi connectivity index (χ1) is 30.8. The van der Waals surface area contributed by atoms with Gasteiger partial charge < -0.3 is 9.13 Å². The van der Waals surface area contributed by atoms with Gasteiger partial charge in [0.2, 0.25) is 0 Å². The van der Waals surface area contributed by atoms with Crippen LogP contribution in [-0.4, -0.2) is 9.13 Å². The van der Waals surface area contributed by atoms with E-state index in [1.165, 1.54) is 115 Å². The fourth-order valence-corrected chi connectivity index (χ4v) is 10.3. The Morgan fingerprint density at radius 1 is 0.210 bits per heavy atom. The number of rotatable bonds is 5. The largest absolute Gasteiger partial charge is 0.309 e. The van der Waals surface area contributed by atoms with Crippen LogP contribution < -0.4 is 0 Å². The summed E-state index contributed by atoms with van der Waals surface area (Å²) in [4.78, 5) is 0. The SMILES string of the molecule is c1ccc(-c2ccc(-c3cccc4c5cc(-n6c7ccccc7c7cc(-c8ccc9c(c8)c8ccccc8n9-c8ccccc8)ccc76)ccc5c5ccccc5c34)cc2)cc1. The van der Waals surface area contributed by atoms with E-state index in [-0.39, 0.29) is 0 Å². The molecule has 0 fully saturated rings. The van der Waals surface area contributed by atoms with Crippen molar-refractivity contribution in [1.82, 2.24) is 9.13 Å². The Hall–Kier alpha value is -8.20. The monoisotopic (exact) mass is 786 g/mol. The second kappa shape index (κ2) is 13.7. The van der Waals surface area contributed by atoms with Gasteiger partial charge in [-0.3, -0.25) is 0 Å². The fraction of sp³-hybridized carbons (Fsp3) is 0. The predicted molar refractivity (Wildman–Crippen MR) is 264 cm³/mol. The standard InChI is InChI=1S/C60H38N2/c1-3-14-39(15-4-1)40-26-28-41(29-27-40)46-22-13-23-52-53-38-45(32-33-48(53)47-18-7-8-21-51(47)60(46)52)62-57-25-12-10-20-50(57)55-37-43(31-35-59(55)62)42-30-34-58-54(36-42)49-19-9-11-24-56(49)61(58)44-16-5-2-6-17-44/h1-38H. The molecule has 0 aliphatic heterocycles. The summed E-state index contributed by atoms with van der Waals surface area (Å²) >= 11 is 0. The lowest BCUT2D eigenvalue weighted by molar-refractivity contribution is 1.18. The molecule has 0 saturated carbocycles. The van der Waals surface area contributed by atoms with Crippen molar-refractivity contribution in [2.24, 2.45) is 0 Å². The van der Waals surface area contributed by atoms with Crippen molar-refractivity contribution < 1.29 is 0 Å². The molecular weight excluding hydrogens is 749 g/mol. The third-order valence-electron chi connectivity index (χ3n) is 13.1. The zero-order chi connectivity index (χ0) is 40.7. The van der Waals surface area contributed by atoms with Crippen LogP contribution in [0.25, 0.3) is 121 Å². The molecule has 0 radical (unpaired) electrons. The molecule has 0 aliphatic carbocycles. The minimum absolute atomic E-state index is 1.15. The lowest BCUT2D eigenvalue weighted by atomic mass is 9.89. The Kier molecular flexibility index (Phi) is 7.64. The first-order valence-electron chi connectivity index (χ1n) is 21.4. The molecule has 2 nitrogen and oxygen atoms in total. The van der Waals surface area contributed by atoms with Crippen molar-refractivity contribution in [3.63, 3.8) is 0 Å². The van der Waals surface area contributed by atoms with Gasteiger partial charge in [0, 0.05) is 32.9 Å². The highest BCUT2D eigenvalue weighted by molar-refractivity contribution is 6.29. The van der Waals surface area contributed by atoms with Gasteiger partial charge in [0.15, 0.2) is 0 Å². The van der Waals surface area contributed by atoms with Gasteiger partial charge in [-0.1, -0.05) is 170 Å². The maximum atomic E-state index is 2.46. The zero-order valence-corrected chi connectivity index (χ0v) is 33.8. The summed E-state index contributed by atoms with van der Waals surface area (Å²) in [6, 6.07) is 84.7. The molecule has 13 rings (SSSR count). The highest BCUT2D eigenvalue weighted by Crippen LogP contribution is 2.43. The van der Waals surface area contributed by atoms with Gasteiger partial charge in [-0.15, -0.1) is 0 Å². The van der Waals surface area contributed by atoms with Crippen LogP contribution in [0, 0.1) is 0 Å². The van der Waals surface area contributed by atoms with E-state index < -0.39 is 0 Å². The summed E-state index contributed by atoms with van der Waals surface area (Å²) in [7, 11) is 0. The molecule has 13 aromatic rings. The first-order valence-corrected chi connectivity index (χ1v) is 21.4. The second-order valence-corrected chi connectivity index (χ2v) is 16.5. The van der Waals surface area contributed by atoms with E-state index in [0.717, 1.165) is 5.69 Å². The fourth-order valence-electron chi connectivity index (χ4n) is 10.3. The van der Waals surface area contributed by atoms with Crippen LogP contribution in [0.3, 0.4) is 0 Å². The molecule has 0 N–H and O–H groups in total. The molecule has 2 aromatic heterocycles. The molecular formula is C60H38N2. The van der Waals surface area contributed by atoms with Gasteiger partial charge in [-0.05, 0) is 126 Å². The average molecular weight is 787 g/mol. The lowest BCUT2D eigenvalue weighted by Gasteiger charge is -2.16. The van der Waals surface area contributed by atoms with Gasteiger partial charge in [-0.2, -0.15) is 0 Å². The van der Waals surface area contributed by atoms with Crippen LogP contribution in [0.1, 0.15) is 0 Å². The van der Waals surface area contributed by atoms with E-state index in [9.17, 15) is 0 Å². The minimum Gasteiger partial charge on any atom is -0.309 e. The quantitative estimate of drug-likeness (QED) is 0.154. The number of para-hydroxylation sites is 3. The molecule has 0 aliphatic rings. The zero-order valence-electron chi connectivity index (χ0n) is 33.8. The van der Waals surface area contributed by atoms with Crippen molar-refractivity contribution in [3.05, 3.63) is 231 Å². The van der Waals surface area contributed by atoms with Crippen molar-refractivity contribution >= 4 is 75.9 Å². The number of benzene rings is 11. The van der Waals surface area contributed by atoms with E-state index in [0.29, 0.717) is 0 Å². The Morgan fingerprint density at radius 3 is 1.32 bits per heavy atom. The van der Waals surface area contributed by atoms with Gasteiger partial charge in [0.1, 0.15) is 0 Å². The Bertz CT molecular complexity index is 3890. The molecule has 0 saturated heterocycles. The van der Waals surface area contributed by atoms with Crippen LogP contribution in [0.5, 0.6) is 0 Å². The van der Waals surface area contributed by atoms with E-state index in [1.54, 1.807) is 0 Å². The molecule has 288 valence electrons. The van der Waals surface area contributed by atoms with Crippen molar-refractivity contribution in [1.29, 1.82) is 0 Å². The van der Waals surface area contributed by atoms with Crippen LogP contribution in [0.4, 0.5) is 0 Å². The topological polar surface area (TPSA) is 9.86 Å². The molecule has 0 bridgehead atoms. The Balaban J connectivity index is 0.981. The second-order valence-electron chi connectivity index (χ2n) is 16.5. The lowest BCUT2D eigenvalue weighted by Crippen LogP contribution is -1.95. The molecule has 62 heavy (non-hydrogen) atoms. The van der Waals surface area contributed by atoms with Crippen LogP contribution in [0.2, 0.25) is 0 Å². The third kappa shape index (κ3) is 5.23. The van der Waals surface area contributed by atoms with Crippen LogP contribution in [0.15, 0.2) is 231 Å². The maximum absolute atomic E-state index is 2.46. The number of nitrogens with zero attached hydrogens (tertiary/aromatic N) is 2. The van der Waals surface area contributed by atoms with E-state index in [1.807, 2.05) is 0 Å². The van der Waals surface area contributed by atoms with E-state index in [4.69, 9.17) is 0 Å². The molecule has 2 heterocycles. The first kappa shape index (κ1) is 34.6. The van der Waals surface area contributed by atoms with Gasteiger partial charge >= 0.3 is 0 Å². The smallest absolute Gasteiger partial charge is 0.0541 e. The van der Waals surface area contributed by atoms with Gasteiger partial charge in [-0.25, -0.2) is 0 Å². The van der Waals surface area contributed by atoms with Gasteiger partial charge in [0.05, 0.1) is 22.1 Å². The number of fused-ring (bicyclic) bond motifs is 12. The summed E-state index contributed by atoms with van der Waals surface area (Å²) in [6.45, 7) is 0. The summed E-state index contributed by atoms with van der Waals surface area (Å²) in [5, 5.41) is 12.6. The normalized spacial score (nSPS) is 11.9. The molecule has 0 amide bonds. The van der Waals surface area contributed by atoms with Crippen LogP contribution in [-0.2, 0) is 0 Å². The summed E-state index contributed by atoms with van der Waals surface area (Å²) in [5.74, 6) is 0. The minimum atomic E-state index is 1.15. The average Bonchev–Trinajstić information content (AvgIpc) is 3.86. The van der Waals surface area contributed by atoms with Gasteiger partial charge in [0.25, 0.3) is 0 Å². The molecule has 0 unspecified atom stereocenters. The van der Waals surface area contributed by atoms with Crippen LogP contribution >= 0.6 is 0 Å². The van der Waals surface area contributed by atoms with Crippen molar-refractivity contribution in [2.45, 2.75) is 0 Å². The summed E-state index contributed by atoms with van der Waals surface area (Å²) in [6.07, 6.45) is 0. The molecule has 11 aromatic carbocycles. The highest BCUT2D eigenvalue weighted by atomic mass is 15.0. The molecule has 0 spiro atoms. The van der Waals surface area contributed by atoms with Crippen molar-refractivity contribution in [2.75, 3.05) is 0 Å². The maximum Gasteiger partial charge on any atom is 0.0541 e. The Morgan fingerprint density at radius 2 is 0.661 bits per heavy atom. The molecule has 0 atom stereocenters.